The molecule has 2 aromatic rings. The van der Waals surface area contributed by atoms with E-state index < -0.39 is 16.1 Å². The van der Waals surface area contributed by atoms with Gasteiger partial charge in [-0.2, -0.15) is 0 Å². The summed E-state index contributed by atoms with van der Waals surface area (Å²) in [5, 5.41) is 10.1. The summed E-state index contributed by atoms with van der Waals surface area (Å²) in [5.74, 6) is 0.791. The molecule has 1 aromatic carbocycles. The lowest BCUT2D eigenvalue weighted by atomic mass is 10.2. The average Bonchev–Trinajstić information content (AvgIpc) is 3.00. The molecule has 0 aliphatic carbocycles. The fraction of sp³-hybridized carbons (Fsp3) is 0.375. The van der Waals surface area contributed by atoms with Gasteiger partial charge in [0.2, 0.25) is 10.0 Å². The molecule has 0 radical (unpaired) electrons. The highest BCUT2D eigenvalue weighted by Crippen LogP contribution is 2.29. The van der Waals surface area contributed by atoms with E-state index in [1.165, 1.54) is 32.4 Å². The Kier molecular flexibility index (Phi) is 5.87. The lowest BCUT2D eigenvalue weighted by Gasteiger charge is -2.13. The highest BCUT2D eigenvalue weighted by molar-refractivity contribution is 7.89. The van der Waals surface area contributed by atoms with Crippen molar-refractivity contribution in [3.05, 3.63) is 42.2 Å². The van der Waals surface area contributed by atoms with Gasteiger partial charge in [0.1, 0.15) is 0 Å². The number of rotatable bonds is 8. The number of nitrogens with one attached hydrogen (secondary N) is 1. The maximum absolute atomic E-state index is 12.3. The standard InChI is InChI=1S/C16H22N2O5S/c1-18-10-4-5-13(18)14(19)8-9-17-24(20,21)12-6-7-15(22-2)16(11-12)23-3/h4-7,10-11,14,17,19H,8-9H2,1-3H3. The number of hydrogen-bond acceptors (Lipinski definition) is 5. The average molecular weight is 354 g/mol. The van der Waals surface area contributed by atoms with Crippen molar-refractivity contribution in [2.45, 2.75) is 17.4 Å². The minimum absolute atomic E-state index is 0.0773. The first-order valence-corrected chi connectivity index (χ1v) is 8.88. The summed E-state index contributed by atoms with van der Waals surface area (Å²) in [6, 6.07) is 8.00. The van der Waals surface area contributed by atoms with Crippen LogP contribution in [0.2, 0.25) is 0 Å². The van der Waals surface area contributed by atoms with Crippen molar-refractivity contribution in [2.75, 3.05) is 20.8 Å². The van der Waals surface area contributed by atoms with Crippen molar-refractivity contribution in [3.63, 3.8) is 0 Å². The molecule has 0 aliphatic heterocycles. The van der Waals surface area contributed by atoms with Crippen molar-refractivity contribution < 1.29 is 23.0 Å². The Morgan fingerprint density at radius 1 is 1.21 bits per heavy atom. The van der Waals surface area contributed by atoms with Gasteiger partial charge in [0.15, 0.2) is 11.5 Å². The highest BCUT2D eigenvalue weighted by atomic mass is 32.2. The summed E-state index contributed by atoms with van der Waals surface area (Å²) in [4.78, 5) is 0.0773. The third-order valence-electron chi connectivity index (χ3n) is 3.70. The van der Waals surface area contributed by atoms with Crippen molar-refractivity contribution in [2.24, 2.45) is 7.05 Å². The number of ether oxygens (including phenoxy) is 2. The Hall–Kier alpha value is -2.03. The van der Waals surface area contributed by atoms with Gasteiger partial charge >= 0.3 is 0 Å². The van der Waals surface area contributed by atoms with Crippen LogP contribution in [0.1, 0.15) is 18.2 Å². The molecule has 0 spiro atoms. The van der Waals surface area contributed by atoms with Crippen molar-refractivity contribution in [3.8, 4) is 11.5 Å². The topological polar surface area (TPSA) is 89.8 Å². The van der Waals surface area contributed by atoms with E-state index in [-0.39, 0.29) is 17.9 Å². The third-order valence-corrected chi connectivity index (χ3v) is 5.16. The van der Waals surface area contributed by atoms with E-state index in [2.05, 4.69) is 4.72 Å². The van der Waals surface area contributed by atoms with Gasteiger partial charge in [0.05, 0.1) is 25.2 Å². The minimum Gasteiger partial charge on any atom is -0.493 e. The quantitative estimate of drug-likeness (QED) is 0.749. The van der Waals surface area contributed by atoms with Gasteiger partial charge < -0.3 is 19.1 Å². The fourth-order valence-corrected chi connectivity index (χ4v) is 3.43. The van der Waals surface area contributed by atoms with Crippen molar-refractivity contribution in [1.29, 1.82) is 0 Å². The number of aliphatic hydroxyl groups is 1. The monoisotopic (exact) mass is 354 g/mol. The molecule has 24 heavy (non-hydrogen) atoms. The van der Waals surface area contributed by atoms with Crippen LogP contribution in [-0.2, 0) is 17.1 Å². The Labute approximate surface area is 141 Å². The summed E-state index contributed by atoms with van der Waals surface area (Å²) in [5.41, 5.74) is 0.736. The van der Waals surface area contributed by atoms with Crippen LogP contribution in [0.5, 0.6) is 11.5 Å². The summed E-state index contributed by atoms with van der Waals surface area (Å²) in [6.45, 7) is 0.114. The van der Waals surface area contributed by atoms with Gasteiger partial charge in [0, 0.05) is 31.5 Å². The Balaban J connectivity index is 2.02. The lowest BCUT2D eigenvalue weighted by Crippen LogP contribution is -2.26. The van der Waals surface area contributed by atoms with E-state index in [0.717, 1.165) is 5.69 Å². The molecule has 2 rings (SSSR count). The van der Waals surface area contributed by atoms with E-state index in [4.69, 9.17) is 9.47 Å². The molecule has 0 saturated carbocycles. The van der Waals surface area contributed by atoms with Gasteiger partial charge in [-0.3, -0.25) is 0 Å². The molecule has 0 aliphatic rings. The van der Waals surface area contributed by atoms with E-state index in [9.17, 15) is 13.5 Å². The highest BCUT2D eigenvalue weighted by Gasteiger charge is 2.18. The second kappa shape index (κ2) is 7.69. The van der Waals surface area contributed by atoms with Crippen LogP contribution in [0.15, 0.2) is 41.4 Å². The van der Waals surface area contributed by atoms with Crippen molar-refractivity contribution in [1.82, 2.24) is 9.29 Å². The minimum atomic E-state index is -3.70. The first-order chi connectivity index (χ1) is 11.4. The number of benzene rings is 1. The predicted octanol–water partition coefficient (Wildman–Crippen LogP) is 1.44. The van der Waals surface area contributed by atoms with Gasteiger partial charge in [-0.25, -0.2) is 13.1 Å². The smallest absolute Gasteiger partial charge is 0.240 e. The SMILES string of the molecule is COc1ccc(S(=O)(=O)NCCC(O)c2cccn2C)cc1OC. The molecule has 0 fully saturated rings. The maximum atomic E-state index is 12.3. The number of aromatic nitrogens is 1. The molecule has 1 aromatic heterocycles. The first-order valence-electron chi connectivity index (χ1n) is 7.40. The van der Waals surface area contributed by atoms with E-state index in [1.54, 1.807) is 10.6 Å². The van der Waals surface area contributed by atoms with E-state index >= 15 is 0 Å². The molecular formula is C16H22N2O5S. The zero-order valence-electron chi connectivity index (χ0n) is 13.9. The second-order valence-electron chi connectivity index (χ2n) is 5.26. The van der Waals surface area contributed by atoms with Crippen LogP contribution in [0.25, 0.3) is 0 Å². The number of methoxy groups -OCH3 is 2. The first kappa shape index (κ1) is 18.3. The molecule has 1 unspecified atom stereocenters. The second-order valence-corrected chi connectivity index (χ2v) is 7.03. The number of aliphatic hydroxyl groups excluding tert-OH is 1. The zero-order chi connectivity index (χ0) is 17.7. The summed E-state index contributed by atoms with van der Waals surface area (Å²) >= 11 is 0. The van der Waals surface area contributed by atoms with Gasteiger partial charge in [0.25, 0.3) is 0 Å². The molecule has 1 atom stereocenters. The zero-order valence-corrected chi connectivity index (χ0v) is 14.7. The number of sulfonamides is 1. The summed E-state index contributed by atoms with van der Waals surface area (Å²) in [6.07, 6.45) is 1.36. The van der Waals surface area contributed by atoms with E-state index in [0.29, 0.717) is 11.5 Å². The van der Waals surface area contributed by atoms with Crippen LogP contribution >= 0.6 is 0 Å². The van der Waals surface area contributed by atoms with Gasteiger partial charge in [-0.15, -0.1) is 0 Å². The van der Waals surface area contributed by atoms with Crippen molar-refractivity contribution >= 4 is 10.0 Å². The normalized spacial score (nSPS) is 12.8. The Bertz CT molecular complexity index is 786. The Morgan fingerprint density at radius 3 is 2.50 bits per heavy atom. The predicted molar refractivity (Wildman–Crippen MR) is 89.7 cm³/mol. The van der Waals surface area contributed by atoms with Crippen LogP contribution in [0.4, 0.5) is 0 Å². The number of aryl methyl sites for hydroxylation is 1. The van der Waals surface area contributed by atoms with E-state index in [1.807, 2.05) is 19.3 Å². The molecular weight excluding hydrogens is 332 g/mol. The maximum Gasteiger partial charge on any atom is 0.240 e. The largest absolute Gasteiger partial charge is 0.493 e. The lowest BCUT2D eigenvalue weighted by molar-refractivity contribution is 0.161. The molecule has 0 bridgehead atoms. The van der Waals surface area contributed by atoms with Crippen LogP contribution in [0.3, 0.4) is 0 Å². The summed E-state index contributed by atoms with van der Waals surface area (Å²) < 4.78 is 39.2. The number of nitrogens with zero attached hydrogens (tertiary/aromatic N) is 1. The molecule has 2 N–H and O–H groups in total. The molecule has 0 saturated heterocycles. The molecule has 8 heteroatoms. The molecule has 7 nitrogen and oxygen atoms in total. The number of hydrogen-bond donors (Lipinski definition) is 2. The van der Waals surface area contributed by atoms with Gasteiger partial charge in [-0.1, -0.05) is 0 Å². The Morgan fingerprint density at radius 2 is 1.92 bits per heavy atom. The van der Waals surface area contributed by atoms with Crippen LogP contribution in [0, 0.1) is 0 Å². The molecule has 0 amide bonds. The summed E-state index contributed by atoms with van der Waals surface area (Å²) in [7, 11) is 1.05. The van der Waals surface area contributed by atoms with Gasteiger partial charge in [-0.05, 0) is 30.7 Å². The van der Waals surface area contributed by atoms with Crippen LogP contribution in [-0.4, -0.2) is 38.9 Å². The molecule has 1 heterocycles. The fourth-order valence-electron chi connectivity index (χ4n) is 2.37. The van der Waals surface area contributed by atoms with Crippen LogP contribution < -0.4 is 14.2 Å². The molecule has 132 valence electrons. The third kappa shape index (κ3) is 4.08.